The van der Waals surface area contributed by atoms with Crippen molar-refractivity contribution in [3.8, 4) is 11.4 Å². The minimum Gasteiger partial charge on any atom is -0.497 e. The van der Waals surface area contributed by atoms with Gasteiger partial charge in [0, 0.05) is 29.9 Å². The summed E-state index contributed by atoms with van der Waals surface area (Å²) in [5.41, 5.74) is 15.4. The van der Waals surface area contributed by atoms with Gasteiger partial charge in [0.1, 0.15) is 23.4 Å². The number of carbonyl (C=O) groups excluding carboxylic acids is 2. The smallest absolute Gasteiger partial charge is 0.277 e. The van der Waals surface area contributed by atoms with Crippen LogP contribution >= 0.6 is 0 Å². The van der Waals surface area contributed by atoms with E-state index >= 15 is 0 Å². The number of aliphatic hydroxyl groups is 1. The van der Waals surface area contributed by atoms with Gasteiger partial charge in [-0.1, -0.05) is 0 Å². The van der Waals surface area contributed by atoms with Gasteiger partial charge in [0.25, 0.3) is 5.91 Å². The molecule has 35 heavy (non-hydrogen) atoms. The zero-order chi connectivity index (χ0) is 25.1. The molecular weight excluding hydrogens is 448 g/mol. The highest BCUT2D eigenvalue weighted by Crippen LogP contribution is 2.32. The molecule has 3 aromatic rings. The molecule has 0 fully saturated rings. The number of amides is 2. The van der Waals surface area contributed by atoms with E-state index < -0.39 is 6.23 Å². The van der Waals surface area contributed by atoms with Crippen LogP contribution in [0.4, 0.5) is 11.4 Å². The highest BCUT2D eigenvalue weighted by atomic mass is 16.5. The van der Waals surface area contributed by atoms with E-state index in [9.17, 15) is 14.7 Å². The van der Waals surface area contributed by atoms with Crippen molar-refractivity contribution in [2.45, 2.75) is 32.4 Å². The SMILES string of the molecule is COc1ccc(-n2nc(C(N)O)c3c2C(=O)N(c2ccc(NC(=O)CCCN)c(C)c2)CC3)cc1. The van der Waals surface area contributed by atoms with Crippen LogP contribution in [0.2, 0.25) is 0 Å². The Morgan fingerprint density at radius 3 is 2.57 bits per heavy atom. The van der Waals surface area contributed by atoms with E-state index in [1.807, 2.05) is 13.0 Å². The Hall–Kier alpha value is -3.73. The van der Waals surface area contributed by atoms with Crippen molar-refractivity contribution in [1.82, 2.24) is 9.78 Å². The summed E-state index contributed by atoms with van der Waals surface area (Å²) in [4.78, 5) is 27.5. The normalized spacial score (nSPS) is 14.0. The van der Waals surface area contributed by atoms with Crippen LogP contribution in [0.1, 0.15) is 46.4 Å². The predicted octanol–water partition coefficient (Wildman–Crippen LogP) is 2.02. The number of nitrogens with two attached hydrogens (primary N) is 2. The van der Waals surface area contributed by atoms with Gasteiger partial charge in [-0.15, -0.1) is 0 Å². The lowest BCUT2D eigenvalue weighted by atomic mass is 10.0. The van der Waals surface area contributed by atoms with Crippen molar-refractivity contribution in [1.29, 1.82) is 0 Å². The van der Waals surface area contributed by atoms with Crippen LogP contribution in [0.3, 0.4) is 0 Å². The van der Waals surface area contributed by atoms with Crippen molar-refractivity contribution in [2.24, 2.45) is 11.5 Å². The number of rotatable bonds is 8. The highest BCUT2D eigenvalue weighted by molar-refractivity contribution is 6.08. The average Bonchev–Trinajstić information content (AvgIpc) is 3.25. The zero-order valence-electron chi connectivity index (χ0n) is 19.8. The van der Waals surface area contributed by atoms with E-state index in [-0.39, 0.29) is 17.5 Å². The van der Waals surface area contributed by atoms with Gasteiger partial charge >= 0.3 is 0 Å². The number of fused-ring (bicyclic) bond motifs is 1. The molecule has 0 radical (unpaired) electrons. The first-order chi connectivity index (χ1) is 16.8. The molecular formula is C25H30N6O4. The second-order valence-corrected chi connectivity index (χ2v) is 8.41. The van der Waals surface area contributed by atoms with Crippen molar-refractivity contribution in [3.05, 3.63) is 65.0 Å². The maximum absolute atomic E-state index is 13.7. The first-order valence-corrected chi connectivity index (χ1v) is 11.5. The molecule has 0 saturated heterocycles. The monoisotopic (exact) mass is 478 g/mol. The molecule has 1 atom stereocenters. The van der Waals surface area contributed by atoms with Gasteiger partial charge in [0.15, 0.2) is 0 Å². The molecule has 0 saturated carbocycles. The Bertz CT molecular complexity index is 1240. The van der Waals surface area contributed by atoms with E-state index in [1.165, 1.54) is 4.68 Å². The number of anilines is 2. The van der Waals surface area contributed by atoms with Gasteiger partial charge in [-0.3, -0.25) is 9.59 Å². The molecule has 0 spiro atoms. The number of nitrogens with zero attached hydrogens (tertiary/aromatic N) is 3. The van der Waals surface area contributed by atoms with Crippen LogP contribution in [0, 0.1) is 6.92 Å². The number of hydrogen-bond acceptors (Lipinski definition) is 7. The summed E-state index contributed by atoms with van der Waals surface area (Å²) in [7, 11) is 1.58. The summed E-state index contributed by atoms with van der Waals surface area (Å²) in [5.74, 6) is 0.328. The van der Waals surface area contributed by atoms with Gasteiger partial charge in [-0.25, -0.2) is 4.68 Å². The van der Waals surface area contributed by atoms with Gasteiger partial charge in [-0.05, 0) is 74.3 Å². The van der Waals surface area contributed by atoms with Crippen molar-refractivity contribution >= 4 is 23.2 Å². The molecule has 1 unspecified atom stereocenters. The summed E-state index contributed by atoms with van der Waals surface area (Å²) >= 11 is 0. The Kier molecular flexibility index (Phi) is 7.15. The van der Waals surface area contributed by atoms with Crippen LogP contribution in [0.15, 0.2) is 42.5 Å². The van der Waals surface area contributed by atoms with Crippen LogP contribution < -0.4 is 26.4 Å². The number of methoxy groups -OCH3 is 1. The molecule has 6 N–H and O–H groups in total. The molecule has 1 aromatic heterocycles. The fourth-order valence-corrected chi connectivity index (χ4v) is 4.21. The van der Waals surface area contributed by atoms with Crippen LogP contribution in [0.5, 0.6) is 5.75 Å². The molecule has 2 amide bonds. The lowest BCUT2D eigenvalue weighted by molar-refractivity contribution is -0.116. The Morgan fingerprint density at radius 2 is 1.94 bits per heavy atom. The van der Waals surface area contributed by atoms with Crippen molar-refractivity contribution < 1.29 is 19.4 Å². The molecule has 184 valence electrons. The lowest BCUT2D eigenvalue weighted by Gasteiger charge is -2.28. The van der Waals surface area contributed by atoms with Gasteiger partial charge < -0.3 is 31.5 Å². The van der Waals surface area contributed by atoms with Gasteiger partial charge in [0.2, 0.25) is 5.91 Å². The lowest BCUT2D eigenvalue weighted by Crippen LogP contribution is -2.39. The fourth-order valence-electron chi connectivity index (χ4n) is 4.21. The number of aromatic nitrogens is 2. The predicted molar refractivity (Wildman–Crippen MR) is 133 cm³/mol. The Morgan fingerprint density at radius 1 is 1.23 bits per heavy atom. The number of aliphatic hydroxyl groups excluding tert-OH is 1. The molecule has 10 nitrogen and oxygen atoms in total. The van der Waals surface area contributed by atoms with Gasteiger partial charge in [-0.2, -0.15) is 5.10 Å². The molecule has 4 rings (SSSR count). The molecule has 1 aliphatic heterocycles. The first kappa shape index (κ1) is 24.4. The third-order valence-electron chi connectivity index (χ3n) is 6.05. The number of hydrogen-bond donors (Lipinski definition) is 4. The van der Waals surface area contributed by atoms with E-state index in [1.54, 1.807) is 48.4 Å². The van der Waals surface area contributed by atoms with E-state index in [0.717, 1.165) is 5.56 Å². The summed E-state index contributed by atoms with van der Waals surface area (Å²) in [6, 6.07) is 12.6. The molecule has 0 aliphatic carbocycles. The number of benzene rings is 2. The third kappa shape index (κ3) is 4.90. The minimum absolute atomic E-state index is 0.0961. The Balaban J connectivity index is 1.66. The quantitative estimate of drug-likeness (QED) is 0.362. The van der Waals surface area contributed by atoms with Crippen LogP contribution in [-0.4, -0.2) is 46.9 Å². The number of carbonyl (C=O) groups is 2. The largest absolute Gasteiger partial charge is 0.497 e. The summed E-state index contributed by atoms with van der Waals surface area (Å²) in [6.45, 7) is 2.74. The zero-order valence-corrected chi connectivity index (χ0v) is 19.8. The maximum atomic E-state index is 13.7. The number of aryl methyl sites for hydroxylation is 1. The van der Waals surface area contributed by atoms with Crippen LogP contribution in [0.25, 0.3) is 5.69 Å². The highest BCUT2D eigenvalue weighted by Gasteiger charge is 2.34. The fraction of sp³-hybridized carbons (Fsp3) is 0.320. The molecule has 2 aromatic carbocycles. The number of ether oxygens (including phenoxy) is 1. The van der Waals surface area contributed by atoms with E-state index in [2.05, 4.69) is 10.4 Å². The third-order valence-corrected chi connectivity index (χ3v) is 6.05. The standard InChI is InChI=1S/C25H30N6O4/c1-15-14-17(7-10-20(15)28-21(32)4-3-12-26)30-13-11-19-22(24(27)33)29-31(23(19)25(30)34)16-5-8-18(35-2)9-6-16/h5-10,14,24,33H,3-4,11-13,26-27H2,1-2H3,(H,28,32). The Labute approximate surface area is 203 Å². The van der Waals surface area contributed by atoms with E-state index in [0.29, 0.717) is 66.4 Å². The second kappa shape index (κ2) is 10.3. The first-order valence-electron chi connectivity index (χ1n) is 11.5. The number of nitrogens with one attached hydrogen (secondary N) is 1. The maximum Gasteiger partial charge on any atom is 0.277 e. The van der Waals surface area contributed by atoms with E-state index in [4.69, 9.17) is 16.2 Å². The van der Waals surface area contributed by atoms with Gasteiger partial charge in [0.05, 0.1) is 12.8 Å². The summed E-state index contributed by atoms with van der Waals surface area (Å²) in [5, 5.41) is 17.5. The minimum atomic E-state index is -1.30. The van der Waals surface area contributed by atoms with Crippen LogP contribution in [-0.2, 0) is 11.2 Å². The molecule has 2 heterocycles. The van der Waals surface area contributed by atoms with Crippen molar-refractivity contribution in [2.75, 3.05) is 30.4 Å². The second-order valence-electron chi connectivity index (χ2n) is 8.41. The summed E-state index contributed by atoms with van der Waals surface area (Å²) in [6.07, 6.45) is 0.161. The molecule has 10 heteroatoms. The summed E-state index contributed by atoms with van der Waals surface area (Å²) < 4.78 is 6.75. The molecule has 1 aliphatic rings. The average molecular weight is 479 g/mol. The van der Waals surface area contributed by atoms with Crippen molar-refractivity contribution in [3.63, 3.8) is 0 Å². The molecule has 0 bridgehead atoms. The topological polar surface area (TPSA) is 149 Å².